The number of hydrogen-bond donors (Lipinski definition) is 2. The number of hydrogen-bond acceptors (Lipinski definition) is 4. The van der Waals surface area contributed by atoms with E-state index in [-0.39, 0.29) is 5.97 Å². The van der Waals surface area contributed by atoms with Gasteiger partial charge in [-0.1, -0.05) is 24.3 Å². The molecule has 142 valence electrons. The van der Waals surface area contributed by atoms with Gasteiger partial charge >= 0.3 is 5.97 Å². The molecule has 0 saturated carbocycles. The smallest absolute Gasteiger partial charge is 0.337 e. The van der Waals surface area contributed by atoms with Crippen LogP contribution in [0.4, 0.5) is 11.4 Å². The fourth-order valence-electron chi connectivity index (χ4n) is 3.44. The third kappa shape index (κ3) is 4.77. The van der Waals surface area contributed by atoms with Crippen LogP contribution in [-0.4, -0.2) is 37.3 Å². The zero-order valence-corrected chi connectivity index (χ0v) is 16.5. The Hall–Kier alpha value is -2.60. The third-order valence-corrected chi connectivity index (χ3v) is 5.00. The second-order valence-corrected chi connectivity index (χ2v) is 7.09. The van der Waals surface area contributed by atoms with Gasteiger partial charge in [0.1, 0.15) is 0 Å². The summed E-state index contributed by atoms with van der Waals surface area (Å²) in [5.41, 5.74) is 4.04. The average molecular weight is 384 g/mol. The van der Waals surface area contributed by atoms with Crippen molar-refractivity contribution in [1.82, 2.24) is 5.32 Å². The van der Waals surface area contributed by atoms with Gasteiger partial charge in [-0.25, -0.2) is 4.79 Å². The predicted molar refractivity (Wildman–Crippen MR) is 114 cm³/mol. The largest absolute Gasteiger partial charge is 0.465 e. The Morgan fingerprint density at radius 1 is 1.26 bits per heavy atom. The van der Waals surface area contributed by atoms with Crippen LogP contribution in [0.25, 0.3) is 0 Å². The van der Waals surface area contributed by atoms with E-state index in [0.29, 0.717) is 16.7 Å². The van der Waals surface area contributed by atoms with Gasteiger partial charge in [-0.3, -0.25) is 0 Å². The van der Waals surface area contributed by atoms with Crippen molar-refractivity contribution in [2.75, 3.05) is 30.4 Å². The van der Waals surface area contributed by atoms with Gasteiger partial charge in [-0.2, -0.15) is 0 Å². The minimum Gasteiger partial charge on any atom is -0.465 e. The summed E-state index contributed by atoms with van der Waals surface area (Å²) in [7, 11) is 1.37. The standard InChI is InChI=1S/C21H25N3O2S/c1-15-13-16-7-3-4-10-19(16)24(15)12-6-11-22-21(27)23-18-9-5-8-17(14-18)20(25)26-2/h3-5,7-10,14-15H,6,11-13H2,1-2H3,(H2,22,23,27). The van der Waals surface area contributed by atoms with E-state index in [4.69, 9.17) is 17.0 Å². The van der Waals surface area contributed by atoms with Crippen molar-refractivity contribution in [1.29, 1.82) is 0 Å². The molecule has 0 bridgehead atoms. The molecule has 2 aromatic rings. The number of para-hydroxylation sites is 1. The van der Waals surface area contributed by atoms with Crippen LogP contribution in [0.2, 0.25) is 0 Å². The second-order valence-electron chi connectivity index (χ2n) is 6.68. The van der Waals surface area contributed by atoms with Crippen LogP contribution in [0.3, 0.4) is 0 Å². The van der Waals surface area contributed by atoms with Crippen LogP contribution in [0.5, 0.6) is 0 Å². The molecule has 1 heterocycles. The van der Waals surface area contributed by atoms with E-state index in [1.165, 1.54) is 18.4 Å². The molecule has 1 aliphatic heterocycles. The molecule has 0 amide bonds. The Morgan fingerprint density at radius 3 is 2.89 bits per heavy atom. The van der Waals surface area contributed by atoms with E-state index in [9.17, 15) is 4.79 Å². The van der Waals surface area contributed by atoms with Crippen LogP contribution >= 0.6 is 12.2 Å². The molecule has 5 nitrogen and oxygen atoms in total. The lowest BCUT2D eigenvalue weighted by molar-refractivity contribution is 0.0601. The number of nitrogens with one attached hydrogen (secondary N) is 2. The first kappa shape index (κ1) is 19.2. The van der Waals surface area contributed by atoms with E-state index in [2.05, 4.69) is 46.7 Å². The minimum absolute atomic E-state index is 0.363. The Bertz CT molecular complexity index is 825. The van der Waals surface area contributed by atoms with Crippen molar-refractivity contribution < 1.29 is 9.53 Å². The van der Waals surface area contributed by atoms with Gasteiger partial charge in [0.25, 0.3) is 0 Å². The molecular weight excluding hydrogens is 358 g/mol. The van der Waals surface area contributed by atoms with Gasteiger partial charge in [0.2, 0.25) is 0 Å². The van der Waals surface area contributed by atoms with Gasteiger partial charge in [0, 0.05) is 30.5 Å². The highest BCUT2D eigenvalue weighted by Gasteiger charge is 2.24. The second kappa shape index (κ2) is 8.86. The Balaban J connectivity index is 1.45. The van der Waals surface area contributed by atoms with Crippen molar-refractivity contribution in [3.05, 3.63) is 59.7 Å². The number of methoxy groups -OCH3 is 1. The molecule has 0 saturated heterocycles. The SMILES string of the molecule is COC(=O)c1cccc(NC(=S)NCCCN2c3ccccc3CC2C)c1. The summed E-state index contributed by atoms with van der Waals surface area (Å²) < 4.78 is 4.74. The molecule has 0 radical (unpaired) electrons. The summed E-state index contributed by atoms with van der Waals surface area (Å²) in [6.45, 7) is 4.05. The molecule has 27 heavy (non-hydrogen) atoms. The normalized spacial score (nSPS) is 15.2. The van der Waals surface area contributed by atoms with E-state index >= 15 is 0 Å². The number of esters is 1. The summed E-state index contributed by atoms with van der Waals surface area (Å²) in [5.74, 6) is -0.363. The molecule has 0 aliphatic carbocycles. The number of thiocarbonyl (C=S) groups is 1. The number of ether oxygens (including phenoxy) is 1. The van der Waals surface area contributed by atoms with E-state index in [1.807, 2.05) is 6.07 Å². The van der Waals surface area contributed by atoms with Crippen molar-refractivity contribution in [3.63, 3.8) is 0 Å². The lowest BCUT2D eigenvalue weighted by Crippen LogP contribution is -2.34. The number of benzene rings is 2. The highest BCUT2D eigenvalue weighted by molar-refractivity contribution is 7.80. The number of carbonyl (C=O) groups excluding carboxylic acids is 1. The summed E-state index contributed by atoms with van der Waals surface area (Å²) in [6.07, 6.45) is 2.10. The van der Waals surface area contributed by atoms with Gasteiger partial charge in [0.05, 0.1) is 12.7 Å². The number of nitrogens with zero attached hydrogens (tertiary/aromatic N) is 1. The Morgan fingerprint density at radius 2 is 2.07 bits per heavy atom. The maximum Gasteiger partial charge on any atom is 0.337 e. The maximum atomic E-state index is 11.6. The molecule has 2 N–H and O–H groups in total. The first-order valence-corrected chi connectivity index (χ1v) is 9.57. The number of carbonyl (C=O) groups is 1. The lowest BCUT2D eigenvalue weighted by Gasteiger charge is -2.25. The molecule has 0 spiro atoms. The zero-order valence-electron chi connectivity index (χ0n) is 15.7. The number of fused-ring (bicyclic) bond motifs is 1. The first-order chi connectivity index (χ1) is 13.1. The lowest BCUT2D eigenvalue weighted by atomic mass is 10.1. The molecule has 1 unspecified atom stereocenters. The molecule has 0 aromatic heterocycles. The van der Waals surface area contributed by atoms with Crippen molar-refractivity contribution in [3.8, 4) is 0 Å². The summed E-state index contributed by atoms with van der Waals surface area (Å²) in [6, 6.07) is 16.3. The molecule has 6 heteroatoms. The van der Waals surface area contributed by atoms with Gasteiger partial charge in [-0.15, -0.1) is 0 Å². The quantitative estimate of drug-likeness (QED) is 0.452. The highest BCUT2D eigenvalue weighted by atomic mass is 32.1. The van der Waals surface area contributed by atoms with Gasteiger partial charge in [0.15, 0.2) is 5.11 Å². The van der Waals surface area contributed by atoms with E-state index in [1.54, 1.807) is 18.2 Å². The Labute approximate surface area is 165 Å². The van der Waals surface area contributed by atoms with Crippen molar-refractivity contribution in [2.45, 2.75) is 25.8 Å². The first-order valence-electron chi connectivity index (χ1n) is 9.16. The molecular formula is C21H25N3O2S. The van der Waals surface area contributed by atoms with E-state index < -0.39 is 0 Å². The van der Waals surface area contributed by atoms with Crippen LogP contribution in [-0.2, 0) is 11.2 Å². The molecule has 0 fully saturated rings. The third-order valence-electron chi connectivity index (χ3n) is 4.75. The minimum atomic E-state index is -0.363. The van der Waals surface area contributed by atoms with Gasteiger partial charge in [-0.05, 0) is 61.8 Å². The van der Waals surface area contributed by atoms with Crippen LogP contribution in [0.15, 0.2) is 48.5 Å². The summed E-state index contributed by atoms with van der Waals surface area (Å²) in [5, 5.41) is 6.90. The summed E-state index contributed by atoms with van der Waals surface area (Å²) >= 11 is 5.36. The number of anilines is 2. The van der Waals surface area contributed by atoms with E-state index in [0.717, 1.165) is 31.6 Å². The van der Waals surface area contributed by atoms with Crippen LogP contribution in [0, 0.1) is 0 Å². The molecule has 1 aliphatic rings. The zero-order chi connectivity index (χ0) is 19.2. The van der Waals surface area contributed by atoms with Crippen LogP contribution in [0.1, 0.15) is 29.3 Å². The Kier molecular flexibility index (Phi) is 6.29. The maximum absolute atomic E-state index is 11.6. The molecule has 1 atom stereocenters. The molecule has 3 rings (SSSR count). The number of rotatable bonds is 6. The monoisotopic (exact) mass is 383 g/mol. The van der Waals surface area contributed by atoms with Crippen molar-refractivity contribution in [2.24, 2.45) is 0 Å². The molecule has 2 aromatic carbocycles. The van der Waals surface area contributed by atoms with Crippen molar-refractivity contribution >= 4 is 34.7 Å². The average Bonchev–Trinajstić information content (AvgIpc) is 3.00. The topological polar surface area (TPSA) is 53.6 Å². The summed E-state index contributed by atoms with van der Waals surface area (Å²) in [4.78, 5) is 14.1. The highest BCUT2D eigenvalue weighted by Crippen LogP contribution is 2.31. The fraction of sp³-hybridized carbons (Fsp3) is 0.333. The fourth-order valence-corrected chi connectivity index (χ4v) is 3.66. The predicted octanol–water partition coefficient (Wildman–Crippen LogP) is 3.60. The van der Waals surface area contributed by atoms with Crippen LogP contribution < -0.4 is 15.5 Å². The van der Waals surface area contributed by atoms with Gasteiger partial charge < -0.3 is 20.3 Å².